The van der Waals surface area contributed by atoms with E-state index >= 15 is 0 Å². The van der Waals surface area contributed by atoms with Crippen LogP contribution in [-0.2, 0) is 6.54 Å². The van der Waals surface area contributed by atoms with E-state index in [1.54, 1.807) is 12.1 Å². The molecule has 0 saturated carbocycles. The van der Waals surface area contributed by atoms with E-state index in [2.05, 4.69) is 4.98 Å². The average molecular weight is 269 g/mol. The number of benzene rings is 1. The molecule has 0 aliphatic heterocycles. The maximum absolute atomic E-state index is 13.7. The molecule has 20 heavy (non-hydrogen) atoms. The van der Waals surface area contributed by atoms with Crippen molar-refractivity contribution in [2.24, 2.45) is 0 Å². The molecule has 1 aromatic carbocycles. The monoisotopic (exact) mass is 269 g/mol. The first-order valence-electron chi connectivity index (χ1n) is 6.51. The molecule has 0 amide bonds. The highest BCUT2D eigenvalue weighted by atomic mass is 19.1. The molecule has 0 bridgehead atoms. The molecule has 0 unspecified atom stereocenters. The number of hydrogen-bond donors (Lipinski definition) is 0. The highest BCUT2D eigenvalue weighted by molar-refractivity contribution is 5.59. The van der Waals surface area contributed by atoms with Crippen LogP contribution in [0.3, 0.4) is 0 Å². The lowest BCUT2D eigenvalue weighted by Gasteiger charge is -2.24. The van der Waals surface area contributed by atoms with Crippen molar-refractivity contribution in [3.63, 3.8) is 0 Å². The standard InChI is InChI=1S/C16H16FN3/c1-3-20(11-13-7-4-6-12(2)19-13)16-9-5-8-15(17)14(16)10-18/h4-9H,3,11H2,1-2H3. The minimum atomic E-state index is -0.486. The molecule has 0 atom stereocenters. The summed E-state index contributed by atoms with van der Waals surface area (Å²) in [6, 6.07) is 12.4. The van der Waals surface area contributed by atoms with Crippen LogP contribution in [0.1, 0.15) is 23.9 Å². The van der Waals surface area contributed by atoms with E-state index in [-0.39, 0.29) is 5.56 Å². The zero-order valence-corrected chi connectivity index (χ0v) is 11.6. The number of aromatic nitrogens is 1. The van der Waals surface area contributed by atoms with Gasteiger partial charge in [-0.3, -0.25) is 4.98 Å². The summed E-state index contributed by atoms with van der Waals surface area (Å²) in [6.45, 7) is 5.13. The van der Waals surface area contributed by atoms with Gasteiger partial charge in [-0.15, -0.1) is 0 Å². The Bertz CT molecular complexity index is 646. The van der Waals surface area contributed by atoms with E-state index in [1.165, 1.54) is 6.07 Å². The van der Waals surface area contributed by atoms with Crippen LogP contribution in [0.25, 0.3) is 0 Å². The molecular weight excluding hydrogens is 253 g/mol. The second-order valence-corrected chi connectivity index (χ2v) is 4.53. The smallest absolute Gasteiger partial charge is 0.143 e. The predicted octanol–water partition coefficient (Wildman–Crippen LogP) is 3.43. The number of halogens is 1. The summed E-state index contributed by atoms with van der Waals surface area (Å²) in [5, 5.41) is 9.12. The SMILES string of the molecule is CCN(Cc1cccc(C)n1)c1cccc(F)c1C#N. The zero-order valence-electron chi connectivity index (χ0n) is 11.6. The molecule has 0 spiro atoms. The number of hydrogen-bond acceptors (Lipinski definition) is 3. The van der Waals surface area contributed by atoms with Crippen molar-refractivity contribution < 1.29 is 4.39 Å². The second kappa shape index (κ2) is 6.16. The molecule has 0 aliphatic rings. The second-order valence-electron chi connectivity index (χ2n) is 4.53. The molecule has 102 valence electrons. The highest BCUT2D eigenvalue weighted by Crippen LogP contribution is 2.23. The van der Waals surface area contributed by atoms with Gasteiger partial charge < -0.3 is 4.90 Å². The summed E-state index contributed by atoms with van der Waals surface area (Å²) in [6.07, 6.45) is 0. The van der Waals surface area contributed by atoms with Gasteiger partial charge in [0.25, 0.3) is 0 Å². The van der Waals surface area contributed by atoms with Gasteiger partial charge in [0, 0.05) is 12.2 Å². The molecule has 0 radical (unpaired) electrons. The van der Waals surface area contributed by atoms with Crippen LogP contribution in [-0.4, -0.2) is 11.5 Å². The molecule has 2 rings (SSSR count). The molecule has 1 heterocycles. The first kappa shape index (κ1) is 14.0. The van der Waals surface area contributed by atoms with Crippen LogP contribution < -0.4 is 4.90 Å². The average Bonchev–Trinajstić information content (AvgIpc) is 2.44. The van der Waals surface area contributed by atoms with E-state index in [0.29, 0.717) is 18.8 Å². The number of nitriles is 1. The summed E-state index contributed by atoms with van der Waals surface area (Å²) in [5.74, 6) is -0.486. The van der Waals surface area contributed by atoms with Gasteiger partial charge in [-0.25, -0.2) is 4.39 Å². The van der Waals surface area contributed by atoms with Crippen LogP contribution in [0.2, 0.25) is 0 Å². The number of rotatable bonds is 4. The molecule has 2 aromatic rings. The fourth-order valence-corrected chi connectivity index (χ4v) is 2.14. The Kier molecular flexibility index (Phi) is 4.31. The number of aryl methyl sites for hydroxylation is 1. The minimum Gasteiger partial charge on any atom is -0.365 e. The quantitative estimate of drug-likeness (QED) is 0.853. The van der Waals surface area contributed by atoms with Gasteiger partial charge in [-0.2, -0.15) is 5.26 Å². The molecule has 0 N–H and O–H groups in total. The summed E-state index contributed by atoms with van der Waals surface area (Å²) >= 11 is 0. The van der Waals surface area contributed by atoms with Crippen molar-refractivity contribution in [3.05, 3.63) is 59.2 Å². The van der Waals surface area contributed by atoms with Crippen molar-refractivity contribution in [2.75, 3.05) is 11.4 Å². The first-order chi connectivity index (χ1) is 9.65. The van der Waals surface area contributed by atoms with Crippen molar-refractivity contribution in [1.29, 1.82) is 5.26 Å². The van der Waals surface area contributed by atoms with Crippen molar-refractivity contribution in [1.82, 2.24) is 4.98 Å². The van der Waals surface area contributed by atoms with Gasteiger partial charge in [0.15, 0.2) is 0 Å². The van der Waals surface area contributed by atoms with Gasteiger partial charge >= 0.3 is 0 Å². The predicted molar refractivity (Wildman–Crippen MR) is 76.8 cm³/mol. The maximum atomic E-state index is 13.7. The van der Waals surface area contributed by atoms with Gasteiger partial charge in [0.05, 0.1) is 17.9 Å². The van der Waals surface area contributed by atoms with Crippen LogP contribution >= 0.6 is 0 Å². The molecule has 0 fully saturated rings. The van der Waals surface area contributed by atoms with Gasteiger partial charge in [0.2, 0.25) is 0 Å². The lowest BCUT2D eigenvalue weighted by molar-refractivity contribution is 0.622. The lowest BCUT2D eigenvalue weighted by Crippen LogP contribution is -2.24. The van der Waals surface area contributed by atoms with Gasteiger partial charge in [-0.1, -0.05) is 12.1 Å². The fraction of sp³-hybridized carbons (Fsp3) is 0.250. The Morgan fingerprint density at radius 1 is 1.25 bits per heavy atom. The lowest BCUT2D eigenvalue weighted by atomic mass is 10.1. The van der Waals surface area contributed by atoms with E-state index in [0.717, 1.165) is 11.4 Å². The van der Waals surface area contributed by atoms with E-state index in [4.69, 9.17) is 5.26 Å². The number of pyridine rings is 1. The Morgan fingerprint density at radius 3 is 2.65 bits per heavy atom. The Morgan fingerprint density at radius 2 is 2.00 bits per heavy atom. The highest BCUT2D eigenvalue weighted by Gasteiger charge is 2.14. The van der Waals surface area contributed by atoms with Crippen LogP contribution in [0.5, 0.6) is 0 Å². The first-order valence-corrected chi connectivity index (χ1v) is 6.51. The number of anilines is 1. The van der Waals surface area contributed by atoms with Crippen LogP contribution in [0.4, 0.5) is 10.1 Å². The Balaban J connectivity index is 2.34. The molecule has 0 aliphatic carbocycles. The summed E-state index contributed by atoms with van der Waals surface area (Å²) in [4.78, 5) is 6.39. The van der Waals surface area contributed by atoms with Crippen LogP contribution in [0, 0.1) is 24.1 Å². The summed E-state index contributed by atoms with van der Waals surface area (Å²) in [5.41, 5.74) is 2.54. The normalized spacial score (nSPS) is 10.1. The van der Waals surface area contributed by atoms with E-state index in [9.17, 15) is 4.39 Å². The number of nitrogens with zero attached hydrogens (tertiary/aromatic N) is 3. The van der Waals surface area contributed by atoms with Crippen molar-refractivity contribution >= 4 is 5.69 Å². The third-order valence-electron chi connectivity index (χ3n) is 3.12. The van der Waals surface area contributed by atoms with Crippen LogP contribution in [0.15, 0.2) is 36.4 Å². The van der Waals surface area contributed by atoms with Crippen molar-refractivity contribution in [2.45, 2.75) is 20.4 Å². The minimum absolute atomic E-state index is 0.0852. The molecule has 4 heteroatoms. The largest absolute Gasteiger partial charge is 0.365 e. The summed E-state index contributed by atoms with van der Waals surface area (Å²) in [7, 11) is 0. The van der Waals surface area contributed by atoms with Crippen molar-refractivity contribution in [3.8, 4) is 6.07 Å². The molecule has 0 saturated heterocycles. The van der Waals surface area contributed by atoms with Gasteiger partial charge in [0.1, 0.15) is 17.4 Å². The molecular formula is C16H16FN3. The molecule has 1 aromatic heterocycles. The summed E-state index contributed by atoms with van der Waals surface area (Å²) < 4.78 is 13.7. The fourth-order valence-electron chi connectivity index (χ4n) is 2.14. The third kappa shape index (κ3) is 2.94. The topological polar surface area (TPSA) is 39.9 Å². The molecule has 3 nitrogen and oxygen atoms in total. The Labute approximate surface area is 118 Å². The van der Waals surface area contributed by atoms with Gasteiger partial charge in [-0.05, 0) is 38.1 Å². The maximum Gasteiger partial charge on any atom is 0.143 e. The Hall–Kier alpha value is -2.41. The third-order valence-corrected chi connectivity index (χ3v) is 3.12. The van der Waals surface area contributed by atoms with E-state index < -0.39 is 5.82 Å². The van der Waals surface area contributed by atoms with E-state index in [1.807, 2.05) is 43.0 Å². The zero-order chi connectivity index (χ0) is 14.5.